The Bertz CT molecular complexity index is 510. The third-order valence-electron chi connectivity index (χ3n) is 4.24. The highest BCUT2D eigenvalue weighted by atomic mass is 32.2. The molecule has 7 heteroatoms. The Balaban J connectivity index is 1.83. The number of thioether (sulfide) groups is 1. The molecular weight excluding hydrogens is 312 g/mol. The Morgan fingerprint density at radius 2 is 2.13 bits per heavy atom. The minimum Gasteiger partial charge on any atom is -0.381 e. The van der Waals surface area contributed by atoms with Gasteiger partial charge in [0.15, 0.2) is 11.7 Å². The van der Waals surface area contributed by atoms with Gasteiger partial charge in [-0.1, -0.05) is 19.0 Å². The first-order chi connectivity index (χ1) is 11.1. The first-order valence-corrected chi connectivity index (χ1v) is 9.34. The van der Waals surface area contributed by atoms with Gasteiger partial charge in [0.2, 0.25) is 0 Å². The summed E-state index contributed by atoms with van der Waals surface area (Å²) in [5.74, 6) is 1.98. The van der Waals surface area contributed by atoms with Gasteiger partial charge in [-0.2, -0.15) is 11.8 Å². The number of guanidine groups is 1. The van der Waals surface area contributed by atoms with E-state index in [9.17, 15) is 0 Å². The van der Waals surface area contributed by atoms with Gasteiger partial charge in [0, 0.05) is 37.6 Å². The summed E-state index contributed by atoms with van der Waals surface area (Å²) >= 11 is 1.91. The molecule has 2 rings (SSSR count). The van der Waals surface area contributed by atoms with E-state index in [0.29, 0.717) is 12.5 Å². The largest absolute Gasteiger partial charge is 0.381 e. The quantitative estimate of drug-likeness (QED) is 0.612. The zero-order valence-corrected chi connectivity index (χ0v) is 15.3. The Labute approximate surface area is 142 Å². The summed E-state index contributed by atoms with van der Waals surface area (Å²) in [6.45, 7) is 7.34. The van der Waals surface area contributed by atoms with E-state index in [0.717, 1.165) is 50.0 Å². The van der Waals surface area contributed by atoms with Crippen LogP contribution in [0.4, 0.5) is 0 Å². The lowest BCUT2D eigenvalue weighted by atomic mass is 9.99. The van der Waals surface area contributed by atoms with Crippen molar-refractivity contribution in [2.24, 2.45) is 4.99 Å². The van der Waals surface area contributed by atoms with E-state index in [-0.39, 0.29) is 4.75 Å². The molecule has 1 aromatic rings. The molecule has 2 N–H and O–H groups in total. The summed E-state index contributed by atoms with van der Waals surface area (Å²) < 4.78 is 11.0. The van der Waals surface area contributed by atoms with E-state index < -0.39 is 0 Å². The molecule has 0 spiro atoms. The summed E-state index contributed by atoms with van der Waals surface area (Å²) in [5.41, 5.74) is 0.980. The molecule has 0 saturated carbocycles. The van der Waals surface area contributed by atoms with Crippen molar-refractivity contribution in [2.45, 2.75) is 43.9 Å². The first kappa shape index (κ1) is 18.1. The molecule has 23 heavy (non-hydrogen) atoms. The number of ether oxygens (including phenoxy) is 1. The molecule has 1 aromatic heterocycles. The van der Waals surface area contributed by atoms with Gasteiger partial charge in [-0.05, 0) is 25.0 Å². The minimum absolute atomic E-state index is 0.229. The van der Waals surface area contributed by atoms with Gasteiger partial charge in [0.1, 0.15) is 0 Å². The number of hydrogen-bond donors (Lipinski definition) is 2. The first-order valence-electron chi connectivity index (χ1n) is 8.11. The lowest BCUT2D eigenvalue weighted by Gasteiger charge is -2.36. The Morgan fingerprint density at radius 1 is 1.39 bits per heavy atom. The van der Waals surface area contributed by atoms with Crippen molar-refractivity contribution < 1.29 is 9.26 Å². The van der Waals surface area contributed by atoms with Crippen molar-refractivity contribution in [3.63, 3.8) is 0 Å². The maximum absolute atomic E-state index is 5.48. The van der Waals surface area contributed by atoms with Crippen LogP contribution in [0.15, 0.2) is 15.6 Å². The number of nitrogens with one attached hydrogen (secondary N) is 2. The van der Waals surface area contributed by atoms with Crippen molar-refractivity contribution in [2.75, 3.05) is 33.1 Å². The van der Waals surface area contributed by atoms with E-state index in [1.54, 1.807) is 7.05 Å². The van der Waals surface area contributed by atoms with Crippen molar-refractivity contribution in [3.8, 4) is 0 Å². The van der Waals surface area contributed by atoms with Gasteiger partial charge >= 0.3 is 0 Å². The summed E-state index contributed by atoms with van der Waals surface area (Å²) in [4.78, 5) is 4.29. The van der Waals surface area contributed by atoms with E-state index in [1.807, 2.05) is 17.8 Å². The van der Waals surface area contributed by atoms with Crippen LogP contribution >= 0.6 is 11.8 Å². The summed E-state index contributed by atoms with van der Waals surface area (Å²) in [6.07, 6.45) is 4.31. The van der Waals surface area contributed by atoms with Crippen molar-refractivity contribution in [3.05, 3.63) is 17.5 Å². The second-order valence-electron chi connectivity index (χ2n) is 6.15. The second-order valence-corrected chi connectivity index (χ2v) is 7.43. The highest BCUT2D eigenvalue weighted by molar-refractivity contribution is 8.00. The normalized spacial score (nSPS) is 18.2. The smallest absolute Gasteiger partial charge is 0.191 e. The Hall–Kier alpha value is -1.21. The van der Waals surface area contributed by atoms with Crippen molar-refractivity contribution in [1.29, 1.82) is 0 Å². The van der Waals surface area contributed by atoms with E-state index in [2.05, 4.69) is 40.9 Å². The number of aliphatic imine (C=N–C) groups is 1. The molecule has 1 fully saturated rings. The third kappa shape index (κ3) is 5.14. The van der Waals surface area contributed by atoms with Crippen LogP contribution in [0.2, 0.25) is 0 Å². The third-order valence-corrected chi connectivity index (χ3v) is 5.66. The molecular formula is C16H28N4O2S. The number of aromatic nitrogens is 1. The topological polar surface area (TPSA) is 71.7 Å². The van der Waals surface area contributed by atoms with Crippen LogP contribution in [0.25, 0.3) is 0 Å². The summed E-state index contributed by atoms with van der Waals surface area (Å²) in [6, 6.07) is 1.99. The fraction of sp³-hybridized carbons (Fsp3) is 0.750. The van der Waals surface area contributed by atoms with Gasteiger partial charge in [-0.25, -0.2) is 0 Å². The molecule has 130 valence electrons. The van der Waals surface area contributed by atoms with Crippen LogP contribution in [0.5, 0.6) is 0 Å². The molecule has 0 atom stereocenters. The summed E-state index contributed by atoms with van der Waals surface area (Å²) in [7, 11) is 1.78. The molecule has 0 bridgehead atoms. The van der Waals surface area contributed by atoms with Crippen LogP contribution in [-0.4, -0.2) is 48.9 Å². The van der Waals surface area contributed by atoms with E-state index in [4.69, 9.17) is 9.26 Å². The monoisotopic (exact) mass is 340 g/mol. The molecule has 1 aliphatic rings. The maximum atomic E-state index is 5.48. The van der Waals surface area contributed by atoms with Crippen LogP contribution in [-0.2, 0) is 11.3 Å². The van der Waals surface area contributed by atoms with Crippen LogP contribution in [0.3, 0.4) is 0 Å². The molecule has 6 nitrogen and oxygen atoms in total. The van der Waals surface area contributed by atoms with Crippen LogP contribution in [0, 0.1) is 0 Å². The standard InChI is InChI=1S/C16H28N4O2S/c1-12(2)14-9-13(22-20-14)10-18-15(17-3)19-11-16(23-4)5-7-21-8-6-16/h9,12H,5-8,10-11H2,1-4H3,(H2,17,18,19). The second kappa shape index (κ2) is 8.59. The van der Waals surface area contributed by atoms with Crippen LogP contribution < -0.4 is 10.6 Å². The average Bonchev–Trinajstić information content (AvgIpc) is 3.05. The fourth-order valence-electron chi connectivity index (χ4n) is 2.52. The lowest BCUT2D eigenvalue weighted by Crippen LogP contribution is -2.47. The zero-order valence-electron chi connectivity index (χ0n) is 14.5. The molecule has 2 heterocycles. The van der Waals surface area contributed by atoms with E-state index >= 15 is 0 Å². The van der Waals surface area contributed by atoms with Gasteiger partial charge in [-0.3, -0.25) is 4.99 Å². The van der Waals surface area contributed by atoms with Crippen molar-refractivity contribution in [1.82, 2.24) is 15.8 Å². The molecule has 0 radical (unpaired) electrons. The average molecular weight is 340 g/mol. The van der Waals surface area contributed by atoms with Crippen molar-refractivity contribution >= 4 is 17.7 Å². The van der Waals surface area contributed by atoms with Gasteiger partial charge in [0.25, 0.3) is 0 Å². The SMILES string of the molecule is CN=C(NCc1cc(C(C)C)no1)NCC1(SC)CCOCC1. The molecule has 0 unspecified atom stereocenters. The zero-order chi connectivity index (χ0) is 16.7. The molecule has 1 saturated heterocycles. The van der Waals surface area contributed by atoms with E-state index in [1.165, 1.54) is 0 Å². The van der Waals surface area contributed by atoms with Gasteiger partial charge in [-0.15, -0.1) is 0 Å². The molecule has 1 aliphatic heterocycles. The fourth-order valence-corrected chi connectivity index (χ4v) is 3.31. The highest BCUT2D eigenvalue weighted by Gasteiger charge is 2.31. The highest BCUT2D eigenvalue weighted by Crippen LogP contribution is 2.32. The lowest BCUT2D eigenvalue weighted by molar-refractivity contribution is 0.0783. The molecule has 0 aromatic carbocycles. The van der Waals surface area contributed by atoms with Gasteiger partial charge in [0.05, 0.1) is 12.2 Å². The molecule has 0 amide bonds. The molecule has 0 aliphatic carbocycles. The minimum atomic E-state index is 0.229. The van der Waals surface area contributed by atoms with Gasteiger partial charge < -0.3 is 19.9 Å². The predicted molar refractivity (Wildman–Crippen MR) is 95.1 cm³/mol. The van der Waals surface area contributed by atoms with Crippen LogP contribution in [0.1, 0.15) is 44.1 Å². The number of nitrogens with zero attached hydrogens (tertiary/aromatic N) is 2. The number of rotatable bonds is 6. The Kier molecular flexibility index (Phi) is 6.77. The predicted octanol–water partition coefficient (Wildman–Crippen LogP) is 2.38. The number of hydrogen-bond acceptors (Lipinski definition) is 5. The Morgan fingerprint density at radius 3 is 2.70 bits per heavy atom. The maximum Gasteiger partial charge on any atom is 0.191 e. The summed E-state index contributed by atoms with van der Waals surface area (Å²) in [5, 5.41) is 10.8.